The molecule has 0 bridgehead atoms. The fraction of sp³-hybridized carbons (Fsp3) is 0.292. The van der Waals surface area contributed by atoms with Crippen molar-refractivity contribution in [2.75, 3.05) is 40.0 Å². The van der Waals surface area contributed by atoms with Crippen LogP contribution < -0.4 is 9.47 Å². The third-order valence-electron chi connectivity index (χ3n) is 5.35. The van der Waals surface area contributed by atoms with Crippen molar-refractivity contribution < 1.29 is 33.0 Å². The molecule has 0 aromatic heterocycles. The van der Waals surface area contributed by atoms with Gasteiger partial charge in [0.15, 0.2) is 11.5 Å². The van der Waals surface area contributed by atoms with Crippen LogP contribution in [-0.2, 0) is 20.9 Å². The third-order valence-corrected chi connectivity index (χ3v) is 6.54. The van der Waals surface area contributed by atoms with Gasteiger partial charge in [-0.05, 0) is 53.2 Å². The summed E-state index contributed by atoms with van der Waals surface area (Å²) >= 11 is 7.16. The molecule has 0 N–H and O–H groups in total. The first-order valence-corrected chi connectivity index (χ1v) is 11.9. The van der Waals surface area contributed by atoms with E-state index in [0.29, 0.717) is 43.2 Å². The predicted octanol–water partition coefficient (Wildman–Crippen LogP) is 3.96. The first kappa shape index (κ1) is 25.0. The maximum atomic E-state index is 13.4. The number of halogens is 2. The largest absolute Gasteiger partial charge is 0.493 e. The van der Waals surface area contributed by atoms with Crippen molar-refractivity contribution in [1.82, 2.24) is 9.80 Å². The molecule has 0 spiro atoms. The van der Waals surface area contributed by atoms with Crippen LogP contribution in [0.5, 0.6) is 11.5 Å². The quantitative estimate of drug-likeness (QED) is 0.511. The zero-order valence-corrected chi connectivity index (χ0v) is 20.4. The summed E-state index contributed by atoms with van der Waals surface area (Å²) in [5.41, 5.74) is 1.13. The van der Waals surface area contributed by atoms with E-state index in [2.05, 4.69) is 0 Å². The van der Waals surface area contributed by atoms with Crippen LogP contribution in [-0.4, -0.2) is 66.8 Å². The molecule has 2 fully saturated rings. The Hall–Kier alpha value is -3.08. The van der Waals surface area contributed by atoms with Crippen LogP contribution in [0.1, 0.15) is 11.1 Å². The fourth-order valence-corrected chi connectivity index (χ4v) is 4.69. The Morgan fingerprint density at radius 2 is 2.00 bits per heavy atom. The Morgan fingerprint density at radius 1 is 1.23 bits per heavy atom. The molecule has 11 heteroatoms. The summed E-state index contributed by atoms with van der Waals surface area (Å²) in [6.07, 6.45) is 1.51. The van der Waals surface area contributed by atoms with Crippen LogP contribution in [0.2, 0.25) is 5.02 Å². The predicted molar refractivity (Wildman–Crippen MR) is 129 cm³/mol. The van der Waals surface area contributed by atoms with Crippen LogP contribution in [0.4, 0.5) is 9.18 Å². The van der Waals surface area contributed by atoms with Crippen molar-refractivity contribution >= 4 is 46.5 Å². The SMILES string of the molecule is COc1cc(/C=C2/SC(=O)N(CC(=O)N3CCOCC3)C2=O)cc(Cl)c1OCc1cccc(F)c1. The van der Waals surface area contributed by atoms with Crippen molar-refractivity contribution in [3.8, 4) is 11.5 Å². The molecule has 3 amide bonds. The number of benzene rings is 2. The maximum Gasteiger partial charge on any atom is 0.294 e. The first-order valence-electron chi connectivity index (χ1n) is 10.7. The first-order chi connectivity index (χ1) is 16.9. The van der Waals surface area contributed by atoms with E-state index in [1.165, 1.54) is 25.3 Å². The highest BCUT2D eigenvalue weighted by Gasteiger charge is 2.37. The second-order valence-electron chi connectivity index (χ2n) is 7.71. The smallest absolute Gasteiger partial charge is 0.294 e. The standard InChI is InChI=1S/C24H22ClFN2O6S/c1-32-19-11-16(10-18(25)22(19)34-14-15-3-2-4-17(26)9-15)12-20-23(30)28(24(31)35-20)13-21(29)27-5-7-33-8-6-27/h2-4,9-12H,5-8,13-14H2,1H3/b20-12+. The monoisotopic (exact) mass is 520 g/mol. The molecule has 8 nitrogen and oxygen atoms in total. The van der Waals surface area contributed by atoms with Gasteiger partial charge < -0.3 is 19.1 Å². The number of imide groups is 1. The number of methoxy groups -OCH3 is 1. The van der Waals surface area contributed by atoms with E-state index in [1.54, 1.807) is 29.2 Å². The van der Waals surface area contributed by atoms with Crippen molar-refractivity contribution in [3.63, 3.8) is 0 Å². The summed E-state index contributed by atoms with van der Waals surface area (Å²) in [7, 11) is 1.44. The van der Waals surface area contributed by atoms with E-state index >= 15 is 0 Å². The molecule has 184 valence electrons. The molecule has 2 heterocycles. The number of carbonyl (C=O) groups excluding carboxylic acids is 3. The van der Waals surface area contributed by atoms with Gasteiger partial charge in [-0.2, -0.15) is 0 Å². The zero-order chi connectivity index (χ0) is 24.9. The maximum absolute atomic E-state index is 13.4. The zero-order valence-electron chi connectivity index (χ0n) is 18.8. The fourth-order valence-electron chi connectivity index (χ4n) is 3.58. The second kappa shape index (κ2) is 11.1. The lowest BCUT2D eigenvalue weighted by molar-refractivity contribution is -0.139. The number of thioether (sulfide) groups is 1. The van der Waals surface area contributed by atoms with Gasteiger partial charge in [0.25, 0.3) is 11.1 Å². The van der Waals surface area contributed by atoms with Gasteiger partial charge in [0.2, 0.25) is 5.91 Å². The number of amides is 3. The molecule has 0 aliphatic carbocycles. The number of hydrogen-bond acceptors (Lipinski definition) is 7. The van der Waals surface area contributed by atoms with Gasteiger partial charge in [0.05, 0.1) is 30.3 Å². The highest BCUT2D eigenvalue weighted by atomic mass is 35.5. The topological polar surface area (TPSA) is 85.4 Å². The molecule has 2 aliphatic heterocycles. The normalized spacial score (nSPS) is 17.3. The highest BCUT2D eigenvalue weighted by Crippen LogP contribution is 2.39. The molecule has 2 saturated heterocycles. The minimum Gasteiger partial charge on any atom is -0.493 e. The number of hydrogen-bond donors (Lipinski definition) is 0. The lowest BCUT2D eigenvalue weighted by Crippen LogP contribution is -2.46. The average Bonchev–Trinajstić information content (AvgIpc) is 3.10. The summed E-state index contributed by atoms with van der Waals surface area (Å²) in [6.45, 7) is 1.46. The molecule has 0 saturated carbocycles. The molecule has 2 aromatic carbocycles. The van der Waals surface area contributed by atoms with Gasteiger partial charge in [-0.3, -0.25) is 19.3 Å². The summed E-state index contributed by atoms with van der Waals surface area (Å²) in [4.78, 5) is 40.4. The third kappa shape index (κ3) is 5.95. The van der Waals surface area contributed by atoms with Crippen LogP contribution in [0.25, 0.3) is 6.08 Å². The number of morpholine rings is 1. The van der Waals surface area contributed by atoms with E-state index in [9.17, 15) is 18.8 Å². The average molecular weight is 521 g/mol. The van der Waals surface area contributed by atoms with Gasteiger partial charge in [-0.15, -0.1) is 0 Å². The van der Waals surface area contributed by atoms with Crippen molar-refractivity contribution in [2.45, 2.75) is 6.61 Å². The van der Waals surface area contributed by atoms with Crippen molar-refractivity contribution in [3.05, 3.63) is 63.3 Å². The van der Waals surface area contributed by atoms with Crippen molar-refractivity contribution in [2.24, 2.45) is 0 Å². The van der Waals surface area contributed by atoms with E-state index in [4.69, 9.17) is 25.8 Å². The Bertz CT molecular complexity index is 1180. The molecule has 35 heavy (non-hydrogen) atoms. The number of ether oxygens (including phenoxy) is 3. The van der Waals surface area contributed by atoms with E-state index in [0.717, 1.165) is 16.7 Å². The highest BCUT2D eigenvalue weighted by molar-refractivity contribution is 8.18. The molecular weight excluding hydrogens is 499 g/mol. The summed E-state index contributed by atoms with van der Waals surface area (Å²) in [6, 6.07) is 9.17. The molecule has 2 aliphatic rings. The Labute approximate surface area is 210 Å². The molecular formula is C24H22ClFN2O6S. The Balaban J connectivity index is 1.48. The van der Waals surface area contributed by atoms with Gasteiger partial charge in [-0.1, -0.05) is 23.7 Å². The molecule has 0 radical (unpaired) electrons. The van der Waals surface area contributed by atoms with Gasteiger partial charge in [0, 0.05) is 13.1 Å². The number of carbonyl (C=O) groups is 3. The molecule has 0 atom stereocenters. The van der Waals surface area contributed by atoms with Crippen molar-refractivity contribution in [1.29, 1.82) is 0 Å². The molecule has 2 aromatic rings. The summed E-state index contributed by atoms with van der Waals surface area (Å²) < 4.78 is 29.8. The molecule has 0 unspecified atom stereocenters. The Kier molecular flexibility index (Phi) is 7.94. The summed E-state index contributed by atoms with van der Waals surface area (Å²) in [5.74, 6) is -0.661. The lowest BCUT2D eigenvalue weighted by atomic mass is 10.1. The minimum absolute atomic E-state index is 0.0727. The van der Waals surface area contributed by atoms with Crippen LogP contribution in [0, 0.1) is 5.82 Å². The van der Waals surface area contributed by atoms with Gasteiger partial charge in [0.1, 0.15) is 19.0 Å². The molecule has 4 rings (SSSR count). The Morgan fingerprint density at radius 3 is 2.71 bits per heavy atom. The number of rotatable bonds is 7. The van der Waals surface area contributed by atoms with E-state index in [-0.39, 0.29) is 40.6 Å². The van der Waals surface area contributed by atoms with Crippen LogP contribution in [0.3, 0.4) is 0 Å². The second-order valence-corrected chi connectivity index (χ2v) is 9.11. The van der Waals surface area contributed by atoms with E-state index in [1.807, 2.05) is 0 Å². The van der Waals surface area contributed by atoms with Gasteiger partial charge in [-0.25, -0.2) is 4.39 Å². The lowest BCUT2D eigenvalue weighted by Gasteiger charge is -2.28. The van der Waals surface area contributed by atoms with E-state index < -0.39 is 11.1 Å². The van der Waals surface area contributed by atoms with Crippen LogP contribution >= 0.6 is 23.4 Å². The summed E-state index contributed by atoms with van der Waals surface area (Å²) in [5, 5.41) is -0.301. The minimum atomic E-state index is -0.553. The number of nitrogens with zero attached hydrogens (tertiary/aromatic N) is 2. The van der Waals surface area contributed by atoms with Gasteiger partial charge >= 0.3 is 0 Å². The van der Waals surface area contributed by atoms with Crippen LogP contribution in [0.15, 0.2) is 41.3 Å².